The Kier molecular flexibility index (Phi) is 3.51. The van der Waals surface area contributed by atoms with E-state index >= 15 is 0 Å². The van der Waals surface area contributed by atoms with Gasteiger partial charge in [0.1, 0.15) is 19.2 Å². The molecular formula is C10H17N5O. The summed E-state index contributed by atoms with van der Waals surface area (Å²) in [7, 11) is 1.83. The highest BCUT2D eigenvalue weighted by Gasteiger charge is 2.18. The van der Waals surface area contributed by atoms with E-state index in [1.807, 2.05) is 7.05 Å². The smallest absolute Gasteiger partial charge is 0.244 e. The quantitative estimate of drug-likeness (QED) is 0.746. The van der Waals surface area contributed by atoms with E-state index in [2.05, 4.69) is 15.4 Å². The number of carbonyl (C=O) groups is 1. The van der Waals surface area contributed by atoms with Gasteiger partial charge in [-0.2, -0.15) is 5.10 Å². The zero-order chi connectivity index (χ0) is 11.4. The van der Waals surface area contributed by atoms with Crippen molar-refractivity contribution in [3.8, 4) is 0 Å². The number of hydrogen-bond donors (Lipinski definition) is 1. The van der Waals surface area contributed by atoms with Gasteiger partial charge in [-0.3, -0.25) is 4.79 Å². The third kappa shape index (κ3) is 2.79. The topological polar surface area (TPSA) is 63.1 Å². The summed E-state index contributed by atoms with van der Waals surface area (Å²) in [6.07, 6.45) is 5.35. The summed E-state index contributed by atoms with van der Waals surface area (Å²) in [6.45, 7) is 2.10. The number of carbonyl (C=O) groups excluding carboxylic acids is 1. The molecule has 88 valence electrons. The van der Waals surface area contributed by atoms with Crippen molar-refractivity contribution in [1.29, 1.82) is 0 Å². The van der Waals surface area contributed by atoms with Crippen LogP contribution in [-0.4, -0.2) is 51.8 Å². The standard InChI is InChI=1S/C10H17N5O/c1-14(5-9-3-2-4-12-9)10(16)6-15-8-11-7-13-15/h7-9,12H,2-6H2,1H3. The van der Waals surface area contributed by atoms with E-state index in [1.165, 1.54) is 12.7 Å². The maximum absolute atomic E-state index is 11.8. The van der Waals surface area contributed by atoms with Gasteiger partial charge in [-0.25, -0.2) is 9.67 Å². The van der Waals surface area contributed by atoms with Gasteiger partial charge in [0, 0.05) is 19.6 Å². The molecule has 1 unspecified atom stereocenters. The summed E-state index contributed by atoms with van der Waals surface area (Å²) in [5, 5.41) is 7.29. The lowest BCUT2D eigenvalue weighted by molar-refractivity contribution is -0.131. The highest BCUT2D eigenvalue weighted by Crippen LogP contribution is 2.06. The summed E-state index contributed by atoms with van der Waals surface area (Å²) < 4.78 is 1.54. The molecule has 2 heterocycles. The summed E-state index contributed by atoms with van der Waals surface area (Å²) >= 11 is 0. The first-order valence-corrected chi connectivity index (χ1v) is 5.55. The zero-order valence-corrected chi connectivity index (χ0v) is 9.46. The van der Waals surface area contributed by atoms with Gasteiger partial charge in [0.25, 0.3) is 0 Å². The number of amides is 1. The van der Waals surface area contributed by atoms with E-state index in [0.717, 1.165) is 19.5 Å². The monoisotopic (exact) mass is 223 g/mol. The first-order chi connectivity index (χ1) is 7.75. The molecule has 6 heteroatoms. The molecule has 2 rings (SSSR count). The Balaban J connectivity index is 1.79. The third-order valence-corrected chi connectivity index (χ3v) is 2.85. The molecule has 1 aliphatic rings. The molecule has 0 saturated carbocycles. The van der Waals surface area contributed by atoms with Gasteiger partial charge in [-0.15, -0.1) is 0 Å². The number of hydrogen-bond acceptors (Lipinski definition) is 4. The first-order valence-electron chi connectivity index (χ1n) is 5.55. The van der Waals surface area contributed by atoms with E-state index in [9.17, 15) is 4.79 Å². The Morgan fingerprint density at radius 2 is 2.56 bits per heavy atom. The Hall–Kier alpha value is -1.43. The fourth-order valence-electron chi connectivity index (χ4n) is 1.92. The van der Waals surface area contributed by atoms with Gasteiger partial charge in [-0.05, 0) is 19.4 Å². The van der Waals surface area contributed by atoms with E-state index in [0.29, 0.717) is 6.04 Å². The molecule has 1 saturated heterocycles. The van der Waals surface area contributed by atoms with Crippen LogP contribution in [0.4, 0.5) is 0 Å². The molecule has 0 aromatic carbocycles. The van der Waals surface area contributed by atoms with Crippen LogP contribution in [0.3, 0.4) is 0 Å². The van der Waals surface area contributed by atoms with E-state index in [4.69, 9.17) is 0 Å². The third-order valence-electron chi connectivity index (χ3n) is 2.85. The van der Waals surface area contributed by atoms with Crippen LogP contribution < -0.4 is 5.32 Å². The molecule has 0 radical (unpaired) electrons. The second kappa shape index (κ2) is 5.07. The SMILES string of the molecule is CN(CC1CCCN1)C(=O)Cn1cncn1. The lowest BCUT2D eigenvalue weighted by atomic mass is 10.2. The van der Waals surface area contributed by atoms with Crippen LogP contribution in [0, 0.1) is 0 Å². The number of aromatic nitrogens is 3. The van der Waals surface area contributed by atoms with Crippen LogP contribution in [0.25, 0.3) is 0 Å². The van der Waals surface area contributed by atoms with Gasteiger partial charge in [0.2, 0.25) is 5.91 Å². The van der Waals surface area contributed by atoms with Crippen molar-refractivity contribution in [3.63, 3.8) is 0 Å². The Bertz CT molecular complexity index is 331. The minimum absolute atomic E-state index is 0.0687. The molecule has 1 atom stereocenters. The summed E-state index contributed by atoms with van der Waals surface area (Å²) in [4.78, 5) is 17.4. The van der Waals surface area contributed by atoms with Crippen LogP contribution in [-0.2, 0) is 11.3 Å². The Morgan fingerprint density at radius 1 is 1.69 bits per heavy atom. The molecule has 1 aromatic heterocycles. The van der Waals surface area contributed by atoms with Crippen molar-refractivity contribution in [3.05, 3.63) is 12.7 Å². The van der Waals surface area contributed by atoms with E-state index < -0.39 is 0 Å². The van der Waals surface area contributed by atoms with Gasteiger partial charge in [0.05, 0.1) is 0 Å². The molecule has 1 fully saturated rings. The van der Waals surface area contributed by atoms with Crippen LogP contribution in [0.2, 0.25) is 0 Å². The molecular weight excluding hydrogens is 206 g/mol. The van der Waals surface area contributed by atoms with E-state index in [-0.39, 0.29) is 12.5 Å². The zero-order valence-electron chi connectivity index (χ0n) is 9.46. The van der Waals surface area contributed by atoms with Gasteiger partial charge >= 0.3 is 0 Å². The van der Waals surface area contributed by atoms with Crippen LogP contribution in [0.15, 0.2) is 12.7 Å². The molecule has 0 aliphatic carbocycles. The predicted octanol–water partition coefficient (Wildman–Crippen LogP) is -0.511. The molecule has 0 spiro atoms. The highest BCUT2D eigenvalue weighted by molar-refractivity contribution is 5.75. The lowest BCUT2D eigenvalue weighted by Gasteiger charge is -2.21. The molecule has 16 heavy (non-hydrogen) atoms. The van der Waals surface area contributed by atoms with Crippen LogP contribution >= 0.6 is 0 Å². The molecule has 1 N–H and O–H groups in total. The minimum atomic E-state index is 0.0687. The minimum Gasteiger partial charge on any atom is -0.343 e. The molecule has 1 aliphatic heterocycles. The summed E-state index contributed by atoms with van der Waals surface area (Å²) in [5.41, 5.74) is 0. The molecule has 1 amide bonds. The van der Waals surface area contributed by atoms with Crippen molar-refractivity contribution in [2.24, 2.45) is 0 Å². The van der Waals surface area contributed by atoms with Crippen molar-refractivity contribution < 1.29 is 4.79 Å². The lowest BCUT2D eigenvalue weighted by Crippen LogP contribution is -2.40. The maximum atomic E-state index is 11.8. The van der Waals surface area contributed by atoms with Crippen molar-refractivity contribution in [2.45, 2.75) is 25.4 Å². The number of nitrogens with zero attached hydrogens (tertiary/aromatic N) is 4. The number of likely N-dealkylation sites (N-methyl/N-ethyl adjacent to an activating group) is 1. The number of rotatable bonds is 4. The second-order valence-electron chi connectivity index (χ2n) is 4.16. The van der Waals surface area contributed by atoms with Crippen molar-refractivity contribution >= 4 is 5.91 Å². The van der Waals surface area contributed by atoms with Gasteiger partial charge in [-0.1, -0.05) is 0 Å². The van der Waals surface area contributed by atoms with Gasteiger partial charge < -0.3 is 10.2 Å². The van der Waals surface area contributed by atoms with Crippen molar-refractivity contribution in [1.82, 2.24) is 25.0 Å². The fourth-order valence-corrected chi connectivity index (χ4v) is 1.92. The number of nitrogens with one attached hydrogen (secondary N) is 1. The van der Waals surface area contributed by atoms with Crippen LogP contribution in [0.1, 0.15) is 12.8 Å². The Morgan fingerprint density at radius 3 is 3.19 bits per heavy atom. The molecule has 6 nitrogen and oxygen atoms in total. The van der Waals surface area contributed by atoms with E-state index in [1.54, 1.807) is 15.9 Å². The van der Waals surface area contributed by atoms with Crippen LogP contribution in [0.5, 0.6) is 0 Å². The summed E-state index contributed by atoms with van der Waals surface area (Å²) in [5.74, 6) is 0.0687. The second-order valence-corrected chi connectivity index (χ2v) is 4.16. The fraction of sp³-hybridized carbons (Fsp3) is 0.700. The molecule has 1 aromatic rings. The maximum Gasteiger partial charge on any atom is 0.244 e. The first kappa shape index (κ1) is 11.1. The molecule has 0 bridgehead atoms. The van der Waals surface area contributed by atoms with Gasteiger partial charge in [0.15, 0.2) is 0 Å². The average Bonchev–Trinajstić information content (AvgIpc) is 2.90. The average molecular weight is 223 g/mol. The largest absolute Gasteiger partial charge is 0.343 e. The Labute approximate surface area is 94.6 Å². The summed E-state index contributed by atoms with van der Waals surface area (Å²) in [6, 6.07) is 0.449. The normalized spacial score (nSPS) is 19.9. The highest BCUT2D eigenvalue weighted by atomic mass is 16.2. The van der Waals surface area contributed by atoms with Crippen molar-refractivity contribution in [2.75, 3.05) is 20.1 Å². The predicted molar refractivity (Wildman–Crippen MR) is 58.7 cm³/mol.